The van der Waals surface area contributed by atoms with Crippen molar-refractivity contribution >= 4 is 11.9 Å². The SMILES string of the molecule is CC(C(=O)O)N(C(=O)c1ccc(-n2cccn2)cc1)C1CC1. The summed E-state index contributed by atoms with van der Waals surface area (Å²) in [7, 11) is 0. The molecule has 1 aromatic heterocycles. The summed E-state index contributed by atoms with van der Waals surface area (Å²) in [4.78, 5) is 25.3. The summed E-state index contributed by atoms with van der Waals surface area (Å²) in [5.41, 5.74) is 1.35. The number of aliphatic carboxylic acids is 1. The number of hydrogen-bond donors (Lipinski definition) is 1. The molecular weight excluding hydrogens is 282 g/mol. The highest BCUT2D eigenvalue weighted by Crippen LogP contribution is 2.30. The Morgan fingerprint density at radius 3 is 2.50 bits per heavy atom. The minimum absolute atomic E-state index is 0.0457. The normalized spacial score (nSPS) is 15.3. The second-order valence-electron chi connectivity index (χ2n) is 5.46. The molecule has 1 unspecified atom stereocenters. The maximum Gasteiger partial charge on any atom is 0.326 e. The maximum atomic E-state index is 12.6. The van der Waals surface area contributed by atoms with Gasteiger partial charge in [-0.05, 0) is 50.1 Å². The van der Waals surface area contributed by atoms with Crippen LogP contribution in [0.1, 0.15) is 30.1 Å². The highest BCUT2D eigenvalue weighted by Gasteiger charge is 2.38. The van der Waals surface area contributed by atoms with E-state index in [1.54, 1.807) is 42.1 Å². The molecule has 1 fully saturated rings. The number of hydrogen-bond acceptors (Lipinski definition) is 3. The van der Waals surface area contributed by atoms with Crippen molar-refractivity contribution in [3.8, 4) is 5.69 Å². The van der Waals surface area contributed by atoms with Crippen molar-refractivity contribution in [2.45, 2.75) is 31.8 Å². The van der Waals surface area contributed by atoms with E-state index < -0.39 is 12.0 Å². The zero-order chi connectivity index (χ0) is 15.7. The van der Waals surface area contributed by atoms with Crippen molar-refractivity contribution in [3.05, 3.63) is 48.3 Å². The van der Waals surface area contributed by atoms with Crippen molar-refractivity contribution in [3.63, 3.8) is 0 Å². The molecule has 1 N–H and O–H groups in total. The van der Waals surface area contributed by atoms with Crippen LogP contribution in [0.5, 0.6) is 0 Å². The van der Waals surface area contributed by atoms with Crippen LogP contribution in [0, 0.1) is 0 Å². The van der Waals surface area contributed by atoms with Gasteiger partial charge in [0.2, 0.25) is 0 Å². The summed E-state index contributed by atoms with van der Waals surface area (Å²) in [5, 5.41) is 13.3. The maximum absolute atomic E-state index is 12.6. The Labute approximate surface area is 128 Å². The highest BCUT2D eigenvalue weighted by atomic mass is 16.4. The van der Waals surface area contributed by atoms with Gasteiger partial charge in [0.15, 0.2) is 0 Å². The van der Waals surface area contributed by atoms with E-state index in [0.29, 0.717) is 5.56 Å². The van der Waals surface area contributed by atoms with E-state index in [2.05, 4.69) is 5.10 Å². The molecule has 2 aromatic rings. The van der Waals surface area contributed by atoms with Crippen molar-refractivity contribution < 1.29 is 14.7 Å². The molecule has 0 saturated heterocycles. The lowest BCUT2D eigenvalue weighted by Crippen LogP contribution is -2.44. The third kappa shape index (κ3) is 2.72. The topological polar surface area (TPSA) is 75.4 Å². The highest BCUT2D eigenvalue weighted by molar-refractivity contribution is 5.97. The van der Waals surface area contributed by atoms with Gasteiger partial charge in [-0.1, -0.05) is 0 Å². The molecular formula is C16H17N3O3. The molecule has 0 spiro atoms. The van der Waals surface area contributed by atoms with Crippen LogP contribution in [0.25, 0.3) is 5.69 Å². The molecule has 3 rings (SSSR count). The molecule has 1 amide bonds. The van der Waals surface area contributed by atoms with Crippen LogP contribution in [-0.4, -0.2) is 43.7 Å². The second-order valence-corrected chi connectivity index (χ2v) is 5.46. The Hall–Kier alpha value is -2.63. The molecule has 1 atom stereocenters. The lowest BCUT2D eigenvalue weighted by Gasteiger charge is -2.26. The van der Waals surface area contributed by atoms with Gasteiger partial charge in [-0.25, -0.2) is 9.48 Å². The molecule has 1 aliphatic carbocycles. The summed E-state index contributed by atoms with van der Waals surface area (Å²) in [6.45, 7) is 1.55. The fourth-order valence-electron chi connectivity index (χ4n) is 2.46. The van der Waals surface area contributed by atoms with E-state index >= 15 is 0 Å². The molecule has 0 aliphatic heterocycles. The van der Waals surface area contributed by atoms with Gasteiger partial charge >= 0.3 is 5.97 Å². The predicted molar refractivity (Wildman–Crippen MR) is 79.9 cm³/mol. The van der Waals surface area contributed by atoms with Crippen LogP contribution in [0.3, 0.4) is 0 Å². The molecule has 22 heavy (non-hydrogen) atoms. The van der Waals surface area contributed by atoms with Crippen molar-refractivity contribution in [2.75, 3.05) is 0 Å². The Bertz CT molecular complexity index is 675. The van der Waals surface area contributed by atoms with Gasteiger partial charge in [-0.3, -0.25) is 4.79 Å². The van der Waals surface area contributed by atoms with E-state index in [1.165, 1.54) is 4.90 Å². The number of aromatic nitrogens is 2. The van der Waals surface area contributed by atoms with Crippen LogP contribution >= 0.6 is 0 Å². The first-order chi connectivity index (χ1) is 10.6. The van der Waals surface area contributed by atoms with Gasteiger partial charge in [0.1, 0.15) is 6.04 Å². The molecule has 6 nitrogen and oxygen atoms in total. The first-order valence-electron chi connectivity index (χ1n) is 7.23. The van der Waals surface area contributed by atoms with Crippen LogP contribution < -0.4 is 0 Å². The Kier molecular flexibility index (Phi) is 3.66. The molecule has 0 bridgehead atoms. The largest absolute Gasteiger partial charge is 0.480 e. The molecule has 114 valence electrons. The van der Waals surface area contributed by atoms with Crippen LogP contribution in [0.2, 0.25) is 0 Å². The molecule has 1 aromatic carbocycles. The Morgan fingerprint density at radius 1 is 1.32 bits per heavy atom. The number of amides is 1. The summed E-state index contributed by atoms with van der Waals surface area (Å²) in [6, 6.07) is 8.08. The summed E-state index contributed by atoms with van der Waals surface area (Å²) >= 11 is 0. The first-order valence-corrected chi connectivity index (χ1v) is 7.23. The molecule has 6 heteroatoms. The van der Waals surface area contributed by atoms with Crippen LogP contribution in [-0.2, 0) is 4.79 Å². The van der Waals surface area contributed by atoms with Gasteiger partial charge in [0, 0.05) is 24.0 Å². The Balaban J connectivity index is 1.83. The quantitative estimate of drug-likeness (QED) is 0.915. The number of nitrogens with zero attached hydrogens (tertiary/aromatic N) is 3. The number of carboxylic acid groups (broad SMARTS) is 1. The lowest BCUT2D eigenvalue weighted by atomic mass is 10.1. The van der Waals surface area contributed by atoms with E-state index in [4.69, 9.17) is 0 Å². The van der Waals surface area contributed by atoms with E-state index in [0.717, 1.165) is 18.5 Å². The van der Waals surface area contributed by atoms with E-state index in [1.807, 2.05) is 12.3 Å². The fraction of sp³-hybridized carbons (Fsp3) is 0.312. The number of carbonyl (C=O) groups is 2. The minimum Gasteiger partial charge on any atom is -0.480 e. The van der Waals surface area contributed by atoms with Gasteiger partial charge < -0.3 is 10.0 Å². The zero-order valence-corrected chi connectivity index (χ0v) is 12.2. The average molecular weight is 299 g/mol. The number of carbonyl (C=O) groups excluding carboxylic acids is 1. The smallest absolute Gasteiger partial charge is 0.326 e. The molecule has 1 aliphatic rings. The summed E-state index contributed by atoms with van der Waals surface area (Å²) in [6.07, 6.45) is 5.24. The van der Waals surface area contributed by atoms with Crippen molar-refractivity contribution in [2.24, 2.45) is 0 Å². The van der Waals surface area contributed by atoms with Gasteiger partial charge in [0.25, 0.3) is 5.91 Å². The molecule has 1 heterocycles. The second kappa shape index (κ2) is 5.63. The number of carboxylic acids is 1. The Morgan fingerprint density at radius 2 is 2.00 bits per heavy atom. The average Bonchev–Trinajstić information content (AvgIpc) is 3.19. The third-order valence-corrected chi connectivity index (χ3v) is 3.83. The minimum atomic E-state index is -0.978. The number of rotatable bonds is 5. The summed E-state index contributed by atoms with van der Waals surface area (Å²) in [5.74, 6) is -1.21. The van der Waals surface area contributed by atoms with Crippen LogP contribution in [0.15, 0.2) is 42.7 Å². The third-order valence-electron chi connectivity index (χ3n) is 3.83. The van der Waals surface area contributed by atoms with Crippen molar-refractivity contribution in [1.29, 1.82) is 0 Å². The monoisotopic (exact) mass is 299 g/mol. The van der Waals surface area contributed by atoms with E-state index in [-0.39, 0.29) is 11.9 Å². The van der Waals surface area contributed by atoms with Crippen LogP contribution in [0.4, 0.5) is 0 Å². The van der Waals surface area contributed by atoms with E-state index in [9.17, 15) is 14.7 Å². The van der Waals surface area contributed by atoms with Gasteiger partial charge in [-0.15, -0.1) is 0 Å². The van der Waals surface area contributed by atoms with Crippen molar-refractivity contribution in [1.82, 2.24) is 14.7 Å². The fourth-order valence-corrected chi connectivity index (χ4v) is 2.46. The van der Waals surface area contributed by atoms with Gasteiger partial charge in [0.05, 0.1) is 5.69 Å². The summed E-state index contributed by atoms with van der Waals surface area (Å²) < 4.78 is 1.70. The number of benzene rings is 1. The predicted octanol–water partition coefficient (Wildman–Crippen LogP) is 1.95. The molecule has 1 saturated carbocycles. The lowest BCUT2D eigenvalue weighted by molar-refractivity contribution is -0.141. The zero-order valence-electron chi connectivity index (χ0n) is 12.2. The van der Waals surface area contributed by atoms with Gasteiger partial charge in [-0.2, -0.15) is 5.10 Å². The standard InChI is InChI=1S/C16H17N3O3/c1-11(16(21)22)19(14-7-8-14)15(20)12-3-5-13(6-4-12)18-10-2-9-17-18/h2-6,9-11,14H,7-8H2,1H3,(H,21,22). The molecule has 0 radical (unpaired) electrons. The first kappa shape index (κ1) is 14.3.